The van der Waals surface area contributed by atoms with Crippen molar-refractivity contribution in [1.29, 1.82) is 0 Å². The summed E-state index contributed by atoms with van der Waals surface area (Å²) in [5.74, 6) is 0.619. The molecule has 1 amide bonds. The summed E-state index contributed by atoms with van der Waals surface area (Å²) in [6, 6.07) is 10.1. The number of rotatable bonds is 7. The molecule has 0 radical (unpaired) electrons. The minimum Gasteiger partial charge on any atom is -0.354 e. The molecule has 4 heteroatoms. The van der Waals surface area contributed by atoms with Gasteiger partial charge in [0.2, 0.25) is 5.91 Å². The first-order chi connectivity index (χ1) is 11.9. The van der Waals surface area contributed by atoms with Gasteiger partial charge in [-0.25, -0.2) is 0 Å². The van der Waals surface area contributed by atoms with Crippen molar-refractivity contribution >= 4 is 17.5 Å². The highest BCUT2D eigenvalue weighted by Gasteiger charge is 2.44. The third-order valence-electron chi connectivity index (χ3n) is 6.22. The second-order valence-corrected chi connectivity index (χ2v) is 8.06. The van der Waals surface area contributed by atoms with Crippen molar-refractivity contribution in [2.75, 3.05) is 20.1 Å². The number of nitrogens with one attached hydrogen (secondary N) is 1. The lowest BCUT2D eigenvalue weighted by Gasteiger charge is -2.52. The standard InChI is InChI=1S/C21H33ClN2O/c1-5-17-12-15-24(4)18(6-2)21(17,3)13-14-23-20(25)19(22)16-10-8-7-9-11-16/h7-11,17-19H,5-6,12-15H2,1-4H3,(H,23,25). The molecule has 0 spiro atoms. The van der Waals surface area contributed by atoms with Crippen LogP contribution in [0.2, 0.25) is 0 Å². The molecule has 3 nitrogen and oxygen atoms in total. The van der Waals surface area contributed by atoms with E-state index in [9.17, 15) is 4.79 Å². The maximum Gasteiger partial charge on any atom is 0.242 e. The predicted octanol–water partition coefficient (Wildman–Crippen LogP) is 4.62. The van der Waals surface area contributed by atoms with E-state index in [0.29, 0.717) is 18.5 Å². The van der Waals surface area contributed by atoms with Crippen LogP contribution in [0.15, 0.2) is 30.3 Å². The van der Waals surface area contributed by atoms with Crippen LogP contribution in [0.1, 0.15) is 57.4 Å². The van der Waals surface area contributed by atoms with Crippen LogP contribution in [0.4, 0.5) is 0 Å². The highest BCUT2D eigenvalue weighted by molar-refractivity contribution is 6.30. The lowest BCUT2D eigenvalue weighted by molar-refractivity contribution is -0.121. The molecule has 1 heterocycles. The molecule has 1 N–H and O–H groups in total. The zero-order valence-corrected chi connectivity index (χ0v) is 16.9. The topological polar surface area (TPSA) is 32.3 Å². The summed E-state index contributed by atoms with van der Waals surface area (Å²) in [6.45, 7) is 8.85. The van der Waals surface area contributed by atoms with E-state index in [2.05, 4.69) is 38.0 Å². The number of carbonyl (C=O) groups is 1. The minimum absolute atomic E-state index is 0.0956. The lowest BCUT2D eigenvalue weighted by atomic mass is 9.63. The zero-order chi connectivity index (χ0) is 18.4. The highest BCUT2D eigenvalue weighted by Crippen LogP contribution is 2.45. The van der Waals surface area contributed by atoms with Gasteiger partial charge in [-0.2, -0.15) is 0 Å². The average Bonchev–Trinajstić information content (AvgIpc) is 2.62. The van der Waals surface area contributed by atoms with Gasteiger partial charge in [-0.05, 0) is 49.8 Å². The second kappa shape index (κ2) is 9.05. The molecule has 1 aromatic rings. The summed E-state index contributed by atoms with van der Waals surface area (Å²) in [5, 5.41) is 2.45. The van der Waals surface area contributed by atoms with Crippen LogP contribution in [0.3, 0.4) is 0 Å². The molecule has 0 aromatic heterocycles. The van der Waals surface area contributed by atoms with Gasteiger partial charge in [-0.15, -0.1) is 11.6 Å². The maximum absolute atomic E-state index is 12.4. The molecule has 4 unspecified atom stereocenters. The van der Waals surface area contributed by atoms with Crippen LogP contribution in [0.25, 0.3) is 0 Å². The second-order valence-electron chi connectivity index (χ2n) is 7.62. The number of hydrogen-bond acceptors (Lipinski definition) is 2. The molecule has 0 bridgehead atoms. The monoisotopic (exact) mass is 364 g/mol. The third kappa shape index (κ3) is 4.57. The minimum atomic E-state index is -0.619. The molecular weight excluding hydrogens is 332 g/mol. The van der Waals surface area contributed by atoms with Crippen LogP contribution in [0.5, 0.6) is 0 Å². The molecule has 0 aliphatic carbocycles. The highest BCUT2D eigenvalue weighted by atomic mass is 35.5. The molecule has 1 aliphatic rings. The van der Waals surface area contributed by atoms with Crippen molar-refractivity contribution in [1.82, 2.24) is 10.2 Å². The van der Waals surface area contributed by atoms with E-state index in [1.54, 1.807) is 0 Å². The van der Waals surface area contributed by atoms with Crippen LogP contribution >= 0.6 is 11.6 Å². The molecule has 1 saturated heterocycles. The van der Waals surface area contributed by atoms with Crippen LogP contribution in [-0.4, -0.2) is 37.0 Å². The number of carbonyl (C=O) groups excluding carboxylic acids is 1. The Morgan fingerprint density at radius 3 is 2.60 bits per heavy atom. The Labute approximate surface area is 158 Å². The molecule has 1 fully saturated rings. The van der Waals surface area contributed by atoms with Crippen molar-refractivity contribution in [2.45, 2.75) is 57.9 Å². The van der Waals surface area contributed by atoms with Gasteiger partial charge < -0.3 is 10.2 Å². The van der Waals surface area contributed by atoms with Gasteiger partial charge in [0.25, 0.3) is 0 Å². The molecule has 1 aliphatic heterocycles. The SMILES string of the molecule is CCC1CCN(C)C(CC)C1(C)CCNC(=O)C(Cl)c1ccccc1. The van der Waals surface area contributed by atoms with E-state index in [1.807, 2.05) is 30.3 Å². The predicted molar refractivity (Wildman–Crippen MR) is 106 cm³/mol. The fourth-order valence-electron chi connectivity index (χ4n) is 4.76. The number of nitrogens with zero attached hydrogens (tertiary/aromatic N) is 1. The number of hydrogen-bond donors (Lipinski definition) is 1. The number of benzene rings is 1. The van der Waals surface area contributed by atoms with E-state index in [-0.39, 0.29) is 11.3 Å². The largest absolute Gasteiger partial charge is 0.354 e. The van der Waals surface area contributed by atoms with E-state index < -0.39 is 5.38 Å². The Bertz CT molecular complexity index is 550. The van der Waals surface area contributed by atoms with E-state index in [4.69, 9.17) is 11.6 Å². The summed E-state index contributed by atoms with van der Waals surface area (Å²) in [7, 11) is 2.24. The van der Waals surface area contributed by atoms with Crippen molar-refractivity contribution in [3.05, 3.63) is 35.9 Å². The fourth-order valence-corrected chi connectivity index (χ4v) is 4.98. The number of likely N-dealkylation sites (tertiary alicyclic amines) is 1. The van der Waals surface area contributed by atoms with Crippen molar-refractivity contribution in [2.24, 2.45) is 11.3 Å². The summed E-state index contributed by atoms with van der Waals surface area (Å²) in [5.41, 5.74) is 1.08. The van der Waals surface area contributed by atoms with Gasteiger partial charge in [-0.1, -0.05) is 57.5 Å². The number of amides is 1. The summed E-state index contributed by atoms with van der Waals surface area (Å²) in [6.07, 6.45) is 4.60. The van der Waals surface area contributed by atoms with Gasteiger partial charge in [0.1, 0.15) is 5.38 Å². The lowest BCUT2D eigenvalue weighted by Crippen LogP contribution is -2.54. The molecule has 4 atom stereocenters. The van der Waals surface area contributed by atoms with Crippen LogP contribution in [0, 0.1) is 11.3 Å². The summed E-state index contributed by atoms with van der Waals surface area (Å²) < 4.78 is 0. The third-order valence-corrected chi connectivity index (χ3v) is 6.67. The Hall–Kier alpha value is -1.06. The maximum atomic E-state index is 12.4. The zero-order valence-electron chi connectivity index (χ0n) is 16.1. The number of halogens is 1. The van der Waals surface area contributed by atoms with Crippen molar-refractivity contribution in [3.63, 3.8) is 0 Å². The Kier molecular flexibility index (Phi) is 7.33. The van der Waals surface area contributed by atoms with Crippen LogP contribution in [-0.2, 0) is 4.79 Å². The molecular formula is C21H33ClN2O. The Balaban J connectivity index is 1.97. The quantitative estimate of drug-likeness (QED) is 0.716. The normalized spacial score (nSPS) is 28.5. The number of piperidine rings is 1. The Morgan fingerprint density at radius 2 is 2.00 bits per heavy atom. The summed E-state index contributed by atoms with van der Waals surface area (Å²) in [4.78, 5) is 14.9. The van der Waals surface area contributed by atoms with Gasteiger partial charge in [-0.3, -0.25) is 4.79 Å². The first-order valence-electron chi connectivity index (χ1n) is 9.61. The van der Waals surface area contributed by atoms with Gasteiger partial charge in [0, 0.05) is 12.6 Å². The molecule has 0 saturated carbocycles. The average molecular weight is 365 g/mol. The van der Waals surface area contributed by atoms with Gasteiger partial charge in [0.15, 0.2) is 0 Å². The van der Waals surface area contributed by atoms with E-state index in [0.717, 1.165) is 18.4 Å². The molecule has 1 aromatic carbocycles. The van der Waals surface area contributed by atoms with Crippen molar-refractivity contribution in [3.8, 4) is 0 Å². The summed E-state index contributed by atoms with van der Waals surface area (Å²) >= 11 is 6.33. The molecule has 25 heavy (non-hydrogen) atoms. The number of alkyl halides is 1. The van der Waals surface area contributed by atoms with Crippen molar-refractivity contribution < 1.29 is 4.79 Å². The van der Waals surface area contributed by atoms with E-state index >= 15 is 0 Å². The van der Waals surface area contributed by atoms with Crippen LogP contribution < -0.4 is 5.32 Å². The van der Waals surface area contributed by atoms with E-state index in [1.165, 1.54) is 19.4 Å². The molecule has 2 rings (SSSR count). The van der Waals surface area contributed by atoms with Gasteiger partial charge in [0.05, 0.1) is 0 Å². The fraction of sp³-hybridized carbons (Fsp3) is 0.667. The first kappa shape index (κ1) is 20.3. The molecule has 140 valence electrons. The van der Waals surface area contributed by atoms with Gasteiger partial charge >= 0.3 is 0 Å². The first-order valence-corrected chi connectivity index (χ1v) is 10.0. The smallest absolute Gasteiger partial charge is 0.242 e. The Morgan fingerprint density at radius 1 is 1.32 bits per heavy atom.